The van der Waals surface area contributed by atoms with Crippen LogP contribution in [0.3, 0.4) is 0 Å². The molecule has 1 aromatic carbocycles. The van der Waals surface area contributed by atoms with Crippen LogP contribution in [-0.4, -0.2) is 29.1 Å². The van der Waals surface area contributed by atoms with E-state index >= 15 is 0 Å². The van der Waals surface area contributed by atoms with Crippen molar-refractivity contribution in [3.8, 4) is 0 Å². The molecule has 128 valence electrons. The van der Waals surface area contributed by atoms with Gasteiger partial charge in [0.2, 0.25) is 5.95 Å². The van der Waals surface area contributed by atoms with Crippen LogP contribution in [0.2, 0.25) is 0 Å². The fraction of sp³-hybridized carbons (Fsp3) is 0.500. The quantitative estimate of drug-likeness (QED) is 0.797. The van der Waals surface area contributed by atoms with E-state index in [1.165, 1.54) is 24.9 Å². The summed E-state index contributed by atoms with van der Waals surface area (Å²) >= 11 is 0. The van der Waals surface area contributed by atoms with E-state index in [2.05, 4.69) is 60.9 Å². The highest BCUT2D eigenvalue weighted by Gasteiger charge is 2.24. The molecule has 1 aliphatic rings. The Kier molecular flexibility index (Phi) is 5.34. The molecular weight excluding hydrogens is 296 g/mol. The monoisotopic (exact) mass is 324 g/mol. The number of rotatable bonds is 5. The minimum absolute atomic E-state index is 0.570. The predicted molar refractivity (Wildman–Crippen MR) is 101 cm³/mol. The van der Waals surface area contributed by atoms with Crippen LogP contribution in [0.25, 0.3) is 0 Å². The molecule has 0 bridgehead atoms. The van der Waals surface area contributed by atoms with E-state index in [1.54, 1.807) is 0 Å². The van der Waals surface area contributed by atoms with Crippen molar-refractivity contribution in [3.63, 3.8) is 0 Å². The molecule has 0 amide bonds. The standard InChI is InChI=1S/C20H28N4/c1-4-17-11-9-10-14-24(17)20-21-16(3)15-19(22-20)23(5-2)18-12-7-6-8-13-18/h6-8,12-13,15,17H,4-5,9-11,14H2,1-3H3. The maximum Gasteiger partial charge on any atom is 0.227 e. The third-order valence-electron chi connectivity index (χ3n) is 4.84. The van der Waals surface area contributed by atoms with Gasteiger partial charge in [0.15, 0.2) is 0 Å². The van der Waals surface area contributed by atoms with Crippen LogP contribution in [0.4, 0.5) is 17.5 Å². The zero-order chi connectivity index (χ0) is 16.9. The van der Waals surface area contributed by atoms with Crippen LogP contribution in [0.15, 0.2) is 36.4 Å². The summed E-state index contributed by atoms with van der Waals surface area (Å²) in [6, 6.07) is 13.1. The summed E-state index contributed by atoms with van der Waals surface area (Å²) in [5, 5.41) is 0. The molecule has 0 N–H and O–H groups in total. The van der Waals surface area contributed by atoms with Crippen LogP contribution in [0, 0.1) is 6.92 Å². The molecule has 1 fully saturated rings. The third kappa shape index (κ3) is 3.53. The van der Waals surface area contributed by atoms with Gasteiger partial charge < -0.3 is 9.80 Å². The highest BCUT2D eigenvalue weighted by Crippen LogP contribution is 2.28. The minimum Gasteiger partial charge on any atom is -0.338 e. The van der Waals surface area contributed by atoms with E-state index < -0.39 is 0 Å². The number of nitrogens with zero attached hydrogens (tertiary/aromatic N) is 4. The summed E-state index contributed by atoms with van der Waals surface area (Å²) in [5.41, 5.74) is 2.21. The summed E-state index contributed by atoms with van der Waals surface area (Å²) < 4.78 is 0. The number of benzene rings is 1. The van der Waals surface area contributed by atoms with Gasteiger partial charge in [0.05, 0.1) is 0 Å². The lowest BCUT2D eigenvalue weighted by molar-refractivity contribution is 0.443. The minimum atomic E-state index is 0.570. The second kappa shape index (κ2) is 7.65. The van der Waals surface area contributed by atoms with Gasteiger partial charge in [-0.25, -0.2) is 4.98 Å². The second-order valence-electron chi connectivity index (χ2n) is 6.50. The van der Waals surface area contributed by atoms with Gasteiger partial charge in [-0.15, -0.1) is 0 Å². The average molecular weight is 324 g/mol. The fourth-order valence-electron chi connectivity index (χ4n) is 3.58. The van der Waals surface area contributed by atoms with E-state index in [4.69, 9.17) is 9.97 Å². The Labute approximate surface area is 145 Å². The van der Waals surface area contributed by atoms with Crippen molar-refractivity contribution < 1.29 is 0 Å². The van der Waals surface area contributed by atoms with Crippen molar-refractivity contribution in [2.45, 2.75) is 52.5 Å². The zero-order valence-electron chi connectivity index (χ0n) is 15.1. The summed E-state index contributed by atoms with van der Waals surface area (Å²) in [5.74, 6) is 1.89. The molecule has 24 heavy (non-hydrogen) atoms. The summed E-state index contributed by atoms with van der Waals surface area (Å²) in [4.78, 5) is 14.4. The fourth-order valence-corrected chi connectivity index (χ4v) is 3.58. The van der Waals surface area contributed by atoms with Gasteiger partial charge in [-0.2, -0.15) is 4.98 Å². The smallest absolute Gasteiger partial charge is 0.227 e. The molecule has 0 saturated carbocycles. The number of aromatic nitrogens is 2. The number of para-hydroxylation sites is 1. The van der Waals surface area contributed by atoms with Crippen LogP contribution < -0.4 is 9.80 Å². The van der Waals surface area contributed by atoms with Crippen molar-refractivity contribution in [1.82, 2.24) is 9.97 Å². The SMILES string of the molecule is CCC1CCCCN1c1nc(C)cc(N(CC)c2ccccc2)n1. The molecule has 1 saturated heterocycles. The average Bonchev–Trinajstić information content (AvgIpc) is 2.63. The molecule has 1 aromatic heterocycles. The molecule has 3 rings (SSSR count). The van der Waals surface area contributed by atoms with Crippen molar-refractivity contribution in [2.24, 2.45) is 0 Å². The van der Waals surface area contributed by atoms with Crippen LogP contribution in [-0.2, 0) is 0 Å². The van der Waals surface area contributed by atoms with E-state index in [0.29, 0.717) is 6.04 Å². The van der Waals surface area contributed by atoms with E-state index in [0.717, 1.165) is 37.0 Å². The Bertz CT molecular complexity index is 656. The maximum atomic E-state index is 4.94. The lowest BCUT2D eigenvalue weighted by atomic mass is 10.0. The molecular formula is C20H28N4. The van der Waals surface area contributed by atoms with Crippen molar-refractivity contribution in [3.05, 3.63) is 42.1 Å². The first-order valence-electron chi connectivity index (χ1n) is 9.17. The zero-order valence-corrected chi connectivity index (χ0v) is 15.1. The lowest BCUT2D eigenvalue weighted by Crippen LogP contribution is -2.40. The highest BCUT2D eigenvalue weighted by atomic mass is 15.3. The molecule has 1 unspecified atom stereocenters. The first-order chi connectivity index (χ1) is 11.7. The Morgan fingerprint density at radius 2 is 1.92 bits per heavy atom. The Morgan fingerprint density at radius 1 is 1.12 bits per heavy atom. The summed E-state index contributed by atoms with van der Waals surface area (Å²) in [6.07, 6.45) is 4.96. The molecule has 2 heterocycles. The molecule has 0 spiro atoms. The summed E-state index contributed by atoms with van der Waals surface area (Å²) in [6.45, 7) is 8.45. The molecule has 0 aliphatic carbocycles. The first-order valence-corrected chi connectivity index (χ1v) is 9.17. The van der Waals surface area contributed by atoms with Gasteiger partial charge in [-0.1, -0.05) is 25.1 Å². The van der Waals surface area contributed by atoms with Gasteiger partial charge in [-0.05, 0) is 51.7 Å². The normalized spacial score (nSPS) is 17.8. The van der Waals surface area contributed by atoms with Crippen molar-refractivity contribution in [2.75, 3.05) is 22.9 Å². The lowest BCUT2D eigenvalue weighted by Gasteiger charge is -2.36. The molecule has 1 aliphatic heterocycles. The largest absolute Gasteiger partial charge is 0.338 e. The second-order valence-corrected chi connectivity index (χ2v) is 6.50. The first kappa shape index (κ1) is 16.7. The third-order valence-corrected chi connectivity index (χ3v) is 4.84. The topological polar surface area (TPSA) is 32.3 Å². The number of piperidine rings is 1. The summed E-state index contributed by atoms with van der Waals surface area (Å²) in [7, 11) is 0. The van der Waals surface area contributed by atoms with E-state index in [-0.39, 0.29) is 0 Å². The molecule has 0 radical (unpaired) electrons. The molecule has 1 atom stereocenters. The van der Waals surface area contributed by atoms with E-state index in [1.807, 2.05) is 6.07 Å². The number of hydrogen-bond acceptors (Lipinski definition) is 4. The predicted octanol–water partition coefficient (Wildman–Crippen LogP) is 4.71. The van der Waals surface area contributed by atoms with Crippen molar-refractivity contribution >= 4 is 17.5 Å². The maximum absolute atomic E-state index is 4.94. The molecule has 4 heteroatoms. The van der Waals surface area contributed by atoms with Gasteiger partial charge in [0.1, 0.15) is 5.82 Å². The molecule has 2 aromatic rings. The van der Waals surface area contributed by atoms with Gasteiger partial charge in [0, 0.05) is 36.6 Å². The molecule has 4 nitrogen and oxygen atoms in total. The number of anilines is 3. The number of hydrogen-bond donors (Lipinski definition) is 0. The van der Waals surface area contributed by atoms with Gasteiger partial charge >= 0.3 is 0 Å². The Hall–Kier alpha value is -2.10. The highest BCUT2D eigenvalue weighted by molar-refractivity contribution is 5.61. The van der Waals surface area contributed by atoms with Crippen LogP contribution >= 0.6 is 0 Å². The Balaban J connectivity index is 1.96. The Morgan fingerprint density at radius 3 is 2.62 bits per heavy atom. The van der Waals surface area contributed by atoms with Crippen molar-refractivity contribution in [1.29, 1.82) is 0 Å². The van der Waals surface area contributed by atoms with Gasteiger partial charge in [-0.3, -0.25) is 0 Å². The van der Waals surface area contributed by atoms with E-state index in [9.17, 15) is 0 Å². The van der Waals surface area contributed by atoms with Crippen LogP contribution in [0.5, 0.6) is 0 Å². The van der Waals surface area contributed by atoms with Gasteiger partial charge in [0.25, 0.3) is 0 Å². The van der Waals surface area contributed by atoms with Crippen LogP contribution in [0.1, 0.15) is 45.2 Å². The number of aryl methyl sites for hydroxylation is 1.